The molecule has 2 aromatic heterocycles. The van der Waals surface area contributed by atoms with Gasteiger partial charge in [-0.05, 0) is 49.8 Å². The number of thiazole rings is 1. The van der Waals surface area contributed by atoms with Crippen LogP contribution in [0.2, 0.25) is 5.02 Å². The number of methoxy groups -OCH3 is 1. The van der Waals surface area contributed by atoms with Gasteiger partial charge in [-0.3, -0.25) is 9.59 Å². The Hall–Kier alpha value is -2.77. The molecule has 28 heavy (non-hydrogen) atoms. The summed E-state index contributed by atoms with van der Waals surface area (Å²) in [5.41, 5.74) is 0.371. The van der Waals surface area contributed by atoms with E-state index in [-0.39, 0.29) is 23.2 Å². The third-order valence-corrected chi connectivity index (χ3v) is 4.85. The predicted octanol–water partition coefficient (Wildman–Crippen LogP) is 2.97. The maximum absolute atomic E-state index is 12.2. The number of furan rings is 1. The molecular formula is C20H18ClNO5S. The van der Waals surface area contributed by atoms with Crippen molar-refractivity contribution in [2.24, 2.45) is 0 Å². The molecule has 8 heteroatoms. The molecular weight excluding hydrogens is 402 g/mol. The number of nitrogens with one attached hydrogen (secondary N) is 1. The second-order valence-electron chi connectivity index (χ2n) is 6.12. The number of aromatic amines is 1. The predicted molar refractivity (Wildman–Crippen MR) is 109 cm³/mol. The average Bonchev–Trinajstić information content (AvgIpc) is 3.27. The Morgan fingerprint density at radius 1 is 1.36 bits per heavy atom. The number of benzene rings is 1. The number of aromatic nitrogens is 1. The zero-order chi connectivity index (χ0) is 20.3. The minimum Gasteiger partial charge on any atom is -0.493 e. The zero-order valence-corrected chi connectivity index (χ0v) is 17.0. The lowest BCUT2D eigenvalue weighted by Gasteiger charge is -2.15. The quantitative estimate of drug-likeness (QED) is 0.621. The van der Waals surface area contributed by atoms with Crippen molar-refractivity contribution in [1.29, 1.82) is 0 Å². The van der Waals surface area contributed by atoms with Crippen molar-refractivity contribution in [3.63, 3.8) is 0 Å². The standard InChI is InChI=1S/C20H18ClNO5S/c1-11(2)27-19-13(21)7-12(8-16(19)25-3)9-17-20(24)22-18(28-17)10-14(23)15-5-4-6-26-15/h4-11H,1-3H3,(H,22,24)/b17-9-,18-10-. The van der Waals surface area contributed by atoms with E-state index in [1.165, 1.54) is 19.4 Å². The van der Waals surface area contributed by atoms with Crippen molar-refractivity contribution in [1.82, 2.24) is 4.98 Å². The van der Waals surface area contributed by atoms with E-state index in [0.29, 0.717) is 31.3 Å². The number of carbonyl (C=O) groups is 1. The van der Waals surface area contributed by atoms with Crippen LogP contribution in [0.15, 0.2) is 39.7 Å². The second kappa shape index (κ2) is 8.50. The van der Waals surface area contributed by atoms with Crippen molar-refractivity contribution < 1.29 is 18.7 Å². The van der Waals surface area contributed by atoms with Crippen LogP contribution in [0.3, 0.4) is 0 Å². The first kappa shape index (κ1) is 20.0. The summed E-state index contributed by atoms with van der Waals surface area (Å²) in [4.78, 5) is 27.0. The third kappa shape index (κ3) is 4.55. The fourth-order valence-corrected chi connectivity index (χ4v) is 3.61. The highest BCUT2D eigenvalue weighted by molar-refractivity contribution is 7.07. The third-order valence-electron chi connectivity index (χ3n) is 3.61. The average molecular weight is 420 g/mol. The highest BCUT2D eigenvalue weighted by Gasteiger charge is 2.13. The summed E-state index contributed by atoms with van der Waals surface area (Å²) in [5.74, 6) is 0.806. The summed E-state index contributed by atoms with van der Waals surface area (Å²) >= 11 is 7.48. The SMILES string of the molecule is COc1cc(/C=c2\s/c(=C\C(=O)c3ccco3)[nH]c2=O)cc(Cl)c1OC(C)C. The van der Waals surface area contributed by atoms with E-state index in [1.54, 1.807) is 30.3 Å². The maximum Gasteiger partial charge on any atom is 0.266 e. The second-order valence-corrected chi connectivity index (χ2v) is 7.61. The zero-order valence-electron chi connectivity index (χ0n) is 15.4. The lowest BCUT2D eigenvalue weighted by Crippen LogP contribution is -2.20. The summed E-state index contributed by atoms with van der Waals surface area (Å²) < 4.78 is 17.0. The number of rotatable bonds is 6. The summed E-state index contributed by atoms with van der Waals surface area (Å²) in [6.07, 6.45) is 4.36. The van der Waals surface area contributed by atoms with Crippen LogP contribution in [-0.2, 0) is 0 Å². The van der Waals surface area contributed by atoms with Gasteiger partial charge in [0.2, 0.25) is 5.78 Å². The van der Waals surface area contributed by atoms with Gasteiger partial charge < -0.3 is 18.9 Å². The summed E-state index contributed by atoms with van der Waals surface area (Å²) in [6, 6.07) is 6.62. The molecule has 0 atom stereocenters. The van der Waals surface area contributed by atoms with E-state index < -0.39 is 0 Å². The lowest BCUT2D eigenvalue weighted by atomic mass is 10.2. The normalized spacial score (nSPS) is 12.6. The van der Waals surface area contributed by atoms with Gasteiger partial charge in [-0.15, -0.1) is 11.3 Å². The fourth-order valence-electron chi connectivity index (χ4n) is 2.46. The molecule has 3 aromatic rings. The molecule has 0 saturated heterocycles. The van der Waals surface area contributed by atoms with Crippen LogP contribution in [0, 0.1) is 0 Å². The Bertz CT molecular complexity index is 1160. The van der Waals surface area contributed by atoms with Crippen LogP contribution in [0.25, 0.3) is 12.2 Å². The first-order valence-electron chi connectivity index (χ1n) is 8.42. The highest BCUT2D eigenvalue weighted by Crippen LogP contribution is 2.37. The molecule has 0 amide bonds. The van der Waals surface area contributed by atoms with E-state index >= 15 is 0 Å². The Morgan fingerprint density at radius 2 is 2.14 bits per heavy atom. The molecule has 0 aliphatic carbocycles. The van der Waals surface area contributed by atoms with Gasteiger partial charge >= 0.3 is 0 Å². The topological polar surface area (TPSA) is 81.5 Å². The number of halogens is 1. The van der Waals surface area contributed by atoms with Crippen molar-refractivity contribution in [3.05, 3.63) is 66.4 Å². The summed E-state index contributed by atoms with van der Waals surface area (Å²) in [7, 11) is 1.52. The number of H-pyrrole nitrogens is 1. The summed E-state index contributed by atoms with van der Waals surface area (Å²) in [5, 5.41) is 0.382. The van der Waals surface area contributed by atoms with Crippen molar-refractivity contribution in [3.8, 4) is 11.5 Å². The molecule has 0 aliphatic heterocycles. The largest absolute Gasteiger partial charge is 0.493 e. The Labute approximate surface area is 169 Å². The van der Waals surface area contributed by atoms with Crippen molar-refractivity contribution in [2.75, 3.05) is 7.11 Å². The van der Waals surface area contributed by atoms with Crippen LogP contribution < -0.4 is 24.2 Å². The van der Waals surface area contributed by atoms with Crippen LogP contribution in [0.5, 0.6) is 11.5 Å². The molecule has 0 fully saturated rings. The summed E-state index contributed by atoms with van der Waals surface area (Å²) in [6.45, 7) is 3.78. The van der Waals surface area contributed by atoms with Gasteiger partial charge in [-0.25, -0.2) is 0 Å². The molecule has 1 N–H and O–H groups in total. The molecule has 0 saturated carbocycles. The molecule has 146 valence electrons. The van der Waals surface area contributed by atoms with Gasteiger partial charge in [0.15, 0.2) is 17.3 Å². The highest BCUT2D eigenvalue weighted by atomic mass is 35.5. The minimum atomic E-state index is -0.325. The van der Waals surface area contributed by atoms with Gasteiger partial charge in [-0.1, -0.05) is 11.6 Å². The molecule has 0 aliphatic rings. The maximum atomic E-state index is 12.2. The first-order chi connectivity index (χ1) is 13.4. The van der Waals surface area contributed by atoms with Gasteiger partial charge in [0, 0.05) is 6.08 Å². The Balaban J connectivity index is 2.00. The van der Waals surface area contributed by atoms with Gasteiger partial charge in [-0.2, -0.15) is 0 Å². The number of carbonyl (C=O) groups excluding carboxylic acids is 1. The molecule has 3 rings (SSSR count). The lowest BCUT2D eigenvalue weighted by molar-refractivity contribution is 0.103. The molecule has 2 heterocycles. The number of ketones is 1. The molecule has 6 nitrogen and oxygen atoms in total. The number of Topliss-reactive ketones (excluding diaryl/α,β-unsaturated/α-hetero) is 1. The fraction of sp³-hybridized carbons (Fsp3) is 0.200. The van der Waals surface area contributed by atoms with E-state index in [0.717, 1.165) is 11.3 Å². The number of hydrogen-bond donors (Lipinski definition) is 1. The van der Waals surface area contributed by atoms with Gasteiger partial charge in [0.05, 0.1) is 33.7 Å². The minimum absolute atomic E-state index is 0.0637. The molecule has 0 bridgehead atoms. The van der Waals surface area contributed by atoms with Crippen molar-refractivity contribution in [2.45, 2.75) is 20.0 Å². The molecule has 0 unspecified atom stereocenters. The molecule has 0 radical (unpaired) electrons. The molecule has 0 spiro atoms. The van der Waals surface area contributed by atoms with E-state index in [4.69, 9.17) is 25.5 Å². The first-order valence-corrected chi connectivity index (χ1v) is 9.61. The van der Waals surface area contributed by atoms with Gasteiger partial charge in [0.1, 0.15) is 0 Å². The monoisotopic (exact) mass is 419 g/mol. The van der Waals surface area contributed by atoms with E-state index in [2.05, 4.69) is 4.98 Å². The van der Waals surface area contributed by atoms with Crippen molar-refractivity contribution >= 4 is 40.9 Å². The molecule has 1 aromatic carbocycles. The van der Waals surface area contributed by atoms with Gasteiger partial charge in [0.25, 0.3) is 5.56 Å². The van der Waals surface area contributed by atoms with Crippen LogP contribution >= 0.6 is 22.9 Å². The van der Waals surface area contributed by atoms with E-state index in [9.17, 15) is 9.59 Å². The number of ether oxygens (including phenoxy) is 2. The smallest absolute Gasteiger partial charge is 0.266 e. The van der Waals surface area contributed by atoms with Crippen LogP contribution in [0.4, 0.5) is 0 Å². The Morgan fingerprint density at radius 3 is 2.79 bits per heavy atom. The van der Waals surface area contributed by atoms with Crippen LogP contribution in [0.1, 0.15) is 30.0 Å². The Kier molecular flexibility index (Phi) is 6.06. The van der Waals surface area contributed by atoms with Crippen LogP contribution in [-0.4, -0.2) is 24.0 Å². The number of hydrogen-bond acceptors (Lipinski definition) is 6. The van der Waals surface area contributed by atoms with E-state index in [1.807, 2.05) is 13.8 Å².